The molecule has 0 aromatic heterocycles. The van der Waals surface area contributed by atoms with Crippen molar-refractivity contribution in [3.8, 4) is 28.4 Å². The largest absolute Gasteiger partial charge is 0.497 e. The molecular weight excluding hydrogens is 592 g/mol. The van der Waals surface area contributed by atoms with Crippen LogP contribution in [0.5, 0.6) is 17.2 Å². The Morgan fingerprint density at radius 3 is 1.76 bits per heavy atom. The normalized spacial score (nSPS) is 12.9. The standard InChI is InChI=1S/C28H41BrO7S2/c1-27(2,3)23-14-13-21(34-6)19-22(23)26-24(35-37(7,30)31)17-20(18-25(26)36-38(8,32)33)28(4,5)15-11-9-10-12-16-29/h13-14,17-19H,9-12,15-16H2,1-8H3. The van der Waals surface area contributed by atoms with Crippen LogP contribution >= 0.6 is 15.9 Å². The van der Waals surface area contributed by atoms with Crippen LogP contribution < -0.4 is 13.1 Å². The lowest BCUT2D eigenvalue weighted by molar-refractivity contribution is 0.414. The number of hydrogen-bond donors (Lipinski definition) is 0. The highest BCUT2D eigenvalue weighted by atomic mass is 79.9. The third-order valence-corrected chi connectivity index (χ3v) is 7.84. The molecule has 0 atom stereocenters. The zero-order valence-electron chi connectivity index (χ0n) is 23.7. The summed E-state index contributed by atoms with van der Waals surface area (Å²) in [6.07, 6.45) is 6.98. The Kier molecular flexibility index (Phi) is 10.8. The summed E-state index contributed by atoms with van der Waals surface area (Å²) in [6, 6.07) is 8.82. The Morgan fingerprint density at radius 2 is 1.32 bits per heavy atom. The first-order valence-corrected chi connectivity index (χ1v) is 17.4. The maximum atomic E-state index is 12.4. The third-order valence-electron chi connectivity index (χ3n) is 6.32. The molecule has 0 aliphatic carbocycles. The molecule has 38 heavy (non-hydrogen) atoms. The van der Waals surface area contributed by atoms with Crippen molar-refractivity contribution in [1.82, 2.24) is 0 Å². The molecule has 214 valence electrons. The molecule has 0 N–H and O–H groups in total. The number of unbranched alkanes of at least 4 members (excludes halogenated alkanes) is 3. The van der Waals surface area contributed by atoms with Gasteiger partial charge < -0.3 is 13.1 Å². The van der Waals surface area contributed by atoms with Gasteiger partial charge in [0.15, 0.2) is 11.5 Å². The first-order chi connectivity index (χ1) is 17.4. The summed E-state index contributed by atoms with van der Waals surface area (Å²) in [5.41, 5.74) is 1.58. The highest BCUT2D eigenvalue weighted by Crippen LogP contribution is 2.48. The quantitative estimate of drug-likeness (QED) is 0.134. The number of alkyl halides is 1. The molecule has 2 rings (SSSR count). The van der Waals surface area contributed by atoms with Crippen LogP contribution in [0.15, 0.2) is 30.3 Å². The second-order valence-electron chi connectivity index (χ2n) is 11.3. The van der Waals surface area contributed by atoms with Gasteiger partial charge in [-0.2, -0.15) is 16.8 Å². The van der Waals surface area contributed by atoms with Gasteiger partial charge in [-0.05, 0) is 64.6 Å². The zero-order chi connectivity index (χ0) is 28.9. The van der Waals surface area contributed by atoms with Crippen LogP contribution in [0, 0.1) is 0 Å². The number of hydrogen-bond acceptors (Lipinski definition) is 7. The van der Waals surface area contributed by atoms with Crippen molar-refractivity contribution in [3.63, 3.8) is 0 Å². The predicted molar refractivity (Wildman–Crippen MR) is 158 cm³/mol. The molecule has 0 aliphatic heterocycles. The zero-order valence-corrected chi connectivity index (χ0v) is 26.9. The Hall–Kier alpha value is -1.78. The Bertz CT molecular complexity index is 1270. The molecular formula is C28H41BrO7S2. The van der Waals surface area contributed by atoms with Gasteiger partial charge in [0.25, 0.3) is 0 Å². The van der Waals surface area contributed by atoms with Gasteiger partial charge in [0.1, 0.15) is 5.75 Å². The lowest BCUT2D eigenvalue weighted by Crippen LogP contribution is -2.19. The van der Waals surface area contributed by atoms with Crippen molar-refractivity contribution in [3.05, 3.63) is 41.5 Å². The van der Waals surface area contributed by atoms with E-state index in [0.29, 0.717) is 11.3 Å². The van der Waals surface area contributed by atoms with E-state index in [-0.39, 0.29) is 22.5 Å². The minimum atomic E-state index is -3.96. The van der Waals surface area contributed by atoms with Crippen LogP contribution in [0.2, 0.25) is 0 Å². The highest BCUT2D eigenvalue weighted by molar-refractivity contribution is 9.09. The summed E-state index contributed by atoms with van der Waals surface area (Å²) in [5, 5.41) is 0.969. The molecule has 0 radical (unpaired) electrons. The van der Waals surface area contributed by atoms with Crippen molar-refractivity contribution < 1.29 is 29.9 Å². The number of rotatable bonds is 13. The molecule has 0 saturated heterocycles. The molecule has 0 spiro atoms. The van der Waals surface area contributed by atoms with E-state index in [1.807, 2.05) is 46.8 Å². The number of methoxy groups -OCH3 is 1. The number of halogens is 1. The molecule has 0 unspecified atom stereocenters. The van der Waals surface area contributed by atoms with E-state index in [4.69, 9.17) is 13.1 Å². The van der Waals surface area contributed by atoms with Crippen molar-refractivity contribution >= 4 is 36.2 Å². The fraction of sp³-hybridized carbons (Fsp3) is 0.571. The number of benzene rings is 2. The van der Waals surface area contributed by atoms with Gasteiger partial charge in [-0.3, -0.25) is 0 Å². The first kappa shape index (κ1) is 32.4. The van der Waals surface area contributed by atoms with Gasteiger partial charge in [0.2, 0.25) is 0 Å². The molecule has 0 saturated carbocycles. The van der Waals surface area contributed by atoms with Crippen LogP contribution in [0.25, 0.3) is 11.1 Å². The predicted octanol–water partition coefficient (Wildman–Crippen LogP) is 6.96. The average molecular weight is 634 g/mol. The molecule has 0 aliphatic rings. The van der Waals surface area contributed by atoms with E-state index in [2.05, 4.69) is 15.9 Å². The van der Waals surface area contributed by atoms with Crippen molar-refractivity contribution in [1.29, 1.82) is 0 Å². The van der Waals surface area contributed by atoms with Gasteiger partial charge in [0.05, 0.1) is 25.2 Å². The first-order valence-electron chi connectivity index (χ1n) is 12.6. The van der Waals surface area contributed by atoms with Crippen molar-refractivity contribution in [2.75, 3.05) is 25.0 Å². The minimum absolute atomic E-state index is 0.00904. The molecule has 7 nitrogen and oxygen atoms in total. The SMILES string of the molecule is COc1ccc(C(C)(C)C)c(-c2c(OS(C)(=O)=O)cc(C(C)(C)CCCCCCBr)cc2OS(C)(=O)=O)c1. The summed E-state index contributed by atoms with van der Waals surface area (Å²) < 4.78 is 66.1. The van der Waals surface area contributed by atoms with Crippen LogP contribution in [0.1, 0.15) is 77.8 Å². The highest BCUT2D eigenvalue weighted by Gasteiger charge is 2.30. The van der Waals surface area contributed by atoms with Crippen LogP contribution in [0.3, 0.4) is 0 Å². The Balaban J connectivity index is 2.88. The maximum absolute atomic E-state index is 12.4. The van der Waals surface area contributed by atoms with E-state index in [0.717, 1.165) is 61.1 Å². The summed E-state index contributed by atoms with van der Waals surface area (Å²) in [6.45, 7) is 10.1. The molecule has 0 heterocycles. The minimum Gasteiger partial charge on any atom is -0.497 e. The van der Waals surface area contributed by atoms with E-state index >= 15 is 0 Å². The molecule has 2 aromatic rings. The van der Waals surface area contributed by atoms with E-state index in [1.54, 1.807) is 18.2 Å². The maximum Gasteiger partial charge on any atom is 0.306 e. The van der Waals surface area contributed by atoms with Gasteiger partial charge in [-0.25, -0.2) is 0 Å². The lowest BCUT2D eigenvalue weighted by atomic mass is 9.77. The van der Waals surface area contributed by atoms with Crippen LogP contribution in [-0.4, -0.2) is 41.8 Å². The van der Waals surface area contributed by atoms with Gasteiger partial charge >= 0.3 is 20.2 Å². The van der Waals surface area contributed by atoms with Gasteiger partial charge in [-0.1, -0.05) is 75.9 Å². The second-order valence-corrected chi connectivity index (χ2v) is 15.3. The van der Waals surface area contributed by atoms with Crippen LogP contribution in [0.4, 0.5) is 0 Å². The molecule has 2 aromatic carbocycles. The van der Waals surface area contributed by atoms with Crippen LogP contribution in [-0.2, 0) is 31.1 Å². The fourth-order valence-electron chi connectivity index (χ4n) is 4.37. The van der Waals surface area contributed by atoms with Gasteiger partial charge in [-0.15, -0.1) is 0 Å². The Morgan fingerprint density at radius 1 is 0.789 bits per heavy atom. The van der Waals surface area contributed by atoms with E-state index < -0.39 is 25.7 Å². The fourth-order valence-corrected chi connectivity index (χ4v) is 5.69. The van der Waals surface area contributed by atoms with Crippen molar-refractivity contribution in [2.45, 2.75) is 77.6 Å². The summed E-state index contributed by atoms with van der Waals surface area (Å²) in [5.74, 6) is 0.543. The summed E-state index contributed by atoms with van der Waals surface area (Å²) in [4.78, 5) is 0. The molecule has 0 bridgehead atoms. The van der Waals surface area contributed by atoms with E-state index in [9.17, 15) is 16.8 Å². The second kappa shape index (κ2) is 12.6. The number of ether oxygens (including phenoxy) is 1. The Labute approximate surface area is 237 Å². The van der Waals surface area contributed by atoms with Gasteiger partial charge in [0, 0.05) is 5.33 Å². The monoisotopic (exact) mass is 632 g/mol. The summed E-state index contributed by atoms with van der Waals surface area (Å²) in [7, 11) is -6.40. The smallest absolute Gasteiger partial charge is 0.306 e. The molecule has 0 amide bonds. The molecule has 0 fully saturated rings. The lowest BCUT2D eigenvalue weighted by Gasteiger charge is -2.29. The third kappa shape index (κ3) is 9.45. The van der Waals surface area contributed by atoms with E-state index in [1.165, 1.54) is 7.11 Å². The summed E-state index contributed by atoms with van der Waals surface area (Å²) >= 11 is 3.46. The topological polar surface area (TPSA) is 96.0 Å². The molecule has 10 heteroatoms. The van der Waals surface area contributed by atoms with Crippen molar-refractivity contribution in [2.24, 2.45) is 0 Å². The average Bonchev–Trinajstić information content (AvgIpc) is 2.75.